The van der Waals surface area contributed by atoms with Crippen molar-refractivity contribution in [2.75, 3.05) is 0 Å². The molecule has 0 radical (unpaired) electrons. The van der Waals surface area contributed by atoms with Crippen LogP contribution in [0.5, 0.6) is 0 Å². The van der Waals surface area contributed by atoms with Crippen molar-refractivity contribution in [3.63, 3.8) is 0 Å². The molecule has 5 nitrogen and oxygen atoms in total. The summed E-state index contributed by atoms with van der Waals surface area (Å²) in [6.07, 6.45) is 1.97. The van der Waals surface area contributed by atoms with Gasteiger partial charge in [-0.05, 0) is 29.0 Å². The highest BCUT2D eigenvalue weighted by Gasteiger charge is 2.06. The standard InChI is InChI=1S/C11H14N4O/c1-2-3-9-14-11(16)15(13-12-14)10-7-5-4-6-8-10/h4-8H,2-3,9H2,1H3. The summed E-state index contributed by atoms with van der Waals surface area (Å²) in [4.78, 5) is 11.9. The zero-order chi connectivity index (χ0) is 11.4. The SMILES string of the molecule is CCCCn1nnn(-c2ccccc2)c1=O. The smallest absolute Gasteiger partial charge is 0.244 e. The molecule has 0 N–H and O–H groups in total. The van der Waals surface area contributed by atoms with E-state index in [1.54, 1.807) is 0 Å². The maximum absolute atomic E-state index is 11.9. The maximum Gasteiger partial charge on any atom is 0.368 e. The molecular formula is C11H14N4O. The molecule has 1 aromatic heterocycles. The van der Waals surface area contributed by atoms with Crippen molar-refractivity contribution in [1.82, 2.24) is 19.8 Å². The Morgan fingerprint density at radius 2 is 1.94 bits per heavy atom. The number of tetrazole rings is 1. The number of hydrogen-bond acceptors (Lipinski definition) is 3. The Kier molecular flexibility index (Phi) is 3.14. The van der Waals surface area contributed by atoms with Crippen molar-refractivity contribution < 1.29 is 0 Å². The zero-order valence-electron chi connectivity index (χ0n) is 9.21. The summed E-state index contributed by atoms with van der Waals surface area (Å²) in [6.45, 7) is 2.70. The molecule has 0 aliphatic heterocycles. The lowest BCUT2D eigenvalue weighted by atomic mass is 10.3. The summed E-state index contributed by atoms with van der Waals surface area (Å²) >= 11 is 0. The van der Waals surface area contributed by atoms with Gasteiger partial charge in [-0.25, -0.2) is 4.79 Å². The fourth-order valence-corrected chi connectivity index (χ4v) is 1.45. The first-order valence-electron chi connectivity index (χ1n) is 5.41. The van der Waals surface area contributed by atoms with Gasteiger partial charge in [0.25, 0.3) is 0 Å². The maximum atomic E-state index is 11.9. The molecule has 0 atom stereocenters. The molecule has 0 unspecified atom stereocenters. The second-order valence-electron chi connectivity index (χ2n) is 3.59. The van der Waals surface area contributed by atoms with E-state index in [4.69, 9.17) is 0 Å². The predicted octanol–water partition coefficient (Wildman–Crippen LogP) is 1.23. The summed E-state index contributed by atoms with van der Waals surface area (Å²) in [5.74, 6) is 0. The van der Waals surface area contributed by atoms with Gasteiger partial charge in [0.15, 0.2) is 0 Å². The molecule has 0 saturated heterocycles. The number of aryl methyl sites for hydroxylation is 1. The first kappa shape index (κ1) is 10.6. The van der Waals surface area contributed by atoms with Crippen LogP contribution in [-0.4, -0.2) is 19.8 Å². The molecule has 84 valence electrons. The third-order valence-corrected chi connectivity index (χ3v) is 2.36. The third-order valence-electron chi connectivity index (χ3n) is 2.36. The van der Waals surface area contributed by atoms with Crippen LogP contribution in [0.15, 0.2) is 35.1 Å². The van der Waals surface area contributed by atoms with Gasteiger partial charge in [-0.3, -0.25) is 0 Å². The Hall–Kier alpha value is -1.91. The van der Waals surface area contributed by atoms with Crippen LogP contribution < -0.4 is 5.69 Å². The topological polar surface area (TPSA) is 52.7 Å². The Morgan fingerprint density at radius 3 is 2.62 bits per heavy atom. The number of nitrogens with zero attached hydrogens (tertiary/aromatic N) is 4. The normalized spacial score (nSPS) is 10.6. The Bertz CT molecular complexity index is 500. The zero-order valence-corrected chi connectivity index (χ0v) is 9.21. The van der Waals surface area contributed by atoms with E-state index in [1.807, 2.05) is 30.3 Å². The van der Waals surface area contributed by atoms with Crippen molar-refractivity contribution in [3.8, 4) is 5.69 Å². The van der Waals surface area contributed by atoms with Gasteiger partial charge in [-0.1, -0.05) is 31.5 Å². The summed E-state index contributed by atoms with van der Waals surface area (Å²) < 4.78 is 2.71. The van der Waals surface area contributed by atoms with Gasteiger partial charge in [0, 0.05) is 6.54 Å². The van der Waals surface area contributed by atoms with Crippen molar-refractivity contribution >= 4 is 0 Å². The fraction of sp³-hybridized carbons (Fsp3) is 0.364. The minimum atomic E-state index is -0.181. The van der Waals surface area contributed by atoms with E-state index in [2.05, 4.69) is 17.4 Å². The lowest BCUT2D eigenvalue weighted by molar-refractivity contribution is 0.540. The minimum Gasteiger partial charge on any atom is -0.244 e. The largest absolute Gasteiger partial charge is 0.368 e. The number of unbranched alkanes of at least 4 members (excludes halogenated alkanes) is 1. The Morgan fingerprint density at radius 1 is 1.19 bits per heavy atom. The number of benzene rings is 1. The quantitative estimate of drug-likeness (QED) is 0.775. The average molecular weight is 218 g/mol. The molecule has 0 bridgehead atoms. The van der Waals surface area contributed by atoms with E-state index >= 15 is 0 Å². The first-order valence-corrected chi connectivity index (χ1v) is 5.41. The molecule has 0 amide bonds. The summed E-state index contributed by atoms with van der Waals surface area (Å²) in [5.41, 5.74) is 0.565. The molecule has 1 aromatic carbocycles. The second-order valence-corrected chi connectivity index (χ2v) is 3.59. The summed E-state index contributed by atoms with van der Waals surface area (Å²) in [7, 11) is 0. The summed E-state index contributed by atoms with van der Waals surface area (Å²) in [5, 5.41) is 7.70. The van der Waals surface area contributed by atoms with Crippen LogP contribution in [0.25, 0.3) is 5.69 Å². The highest BCUT2D eigenvalue weighted by Crippen LogP contribution is 2.00. The lowest BCUT2D eigenvalue weighted by Gasteiger charge is -1.96. The van der Waals surface area contributed by atoms with E-state index in [-0.39, 0.29) is 5.69 Å². The molecule has 0 saturated carbocycles. The van der Waals surface area contributed by atoms with Gasteiger partial charge in [0.2, 0.25) is 0 Å². The van der Waals surface area contributed by atoms with Crippen LogP contribution in [0, 0.1) is 0 Å². The molecule has 2 aromatic rings. The molecule has 0 fully saturated rings. The van der Waals surface area contributed by atoms with Crippen LogP contribution in [0.4, 0.5) is 0 Å². The number of rotatable bonds is 4. The number of aromatic nitrogens is 4. The van der Waals surface area contributed by atoms with Crippen LogP contribution in [-0.2, 0) is 6.54 Å². The number of para-hydroxylation sites is 1. The monoisotopic (exact) mass is 218 g/mol. The van der Waals surface area contributed by atoms with Crippen LogP contribution in [0.2, 0.25) is 0 Å². The molecule has 0 aliphatic carbocycles. The Labute approximate surface area is 93.3 Å². The molecule has 0 spiro atoms. The first-order chi connectivity index (χ1) is 7.83. The average Bonchev–Trinajstić information content (AvgIpc) is 2.69. The van der Waals surface area contributed by atoms with Gasteiger partial charge >= 0.3 is 5.69 Å². The van der Waals surface area contributed by atoms with Crippen LogP contribution >= 0.6 is 0 Å². The van der Waals surface area contributed by atoms with E-state index < -0.39 is 0 Å². The molecule has 0 aliphatic rings. The van der Waals surface area contributed by atoms with E-state index in [0.29, 0.717) is 6.54 Å². The van der Waals surface area contributed by atoms with E-state index in [9.17, 15) is 4.79 Å². The number of hydrogen-bond donors (Lipinski definition) is 0. The lowest BCUT2D eigenvalue weighted by Crippen LogP contribution is -2.24. The van der Waals surface area contributed by atoms with Crippen LogP contribution in [0.3, 0.4) is 0 Å². The second kappa shape index (κ2) is 4.74. The van der Waals surface area contributed by atoms with Crippen molar-refractivity contribution in [1.29, 1.82) is 0 Å². The van der Waals surface area contributed by atoms with Gasteiger partial charge < -0.3 is 0 Å². The molecule has 5 heteroatoms. The molecule has 16 heavy (non-hydrogen) atoms. The van der Waals surface area contributed by atoms with Crippen molar-refractivity contribution in [2.24, 2.45) is 0 Å². The summed E-state index contributed by atoms with van der Waals surface area (Å²) in [6, 6.07) is 9.30. The highest BCUT2D eigenvalue weighted by atomic mass is 16.2. The van der Waals surface area contributed by atoms with Gasteiger partial charge in [-0.15, -0.1) is 0 Å². The molecular weight excluding hydrogens is 204 g/mol. The van der Waals surface area contributed by atoms with Crippen molar-refractivity contribution in [3.05, 3.63) is 40.8 Å². The van der Waals surface area contributed by atoms with Gasteiger partial charge in [0.1, 0.15) is 0 Å². The van der Waals surface area contributed by atoms with Gasteiger partial charge in [-0.2, -0.15) is 9.36 Å². The van der Waals surface area contributed by atoms with Crippen molar-refractivity contribution in [2.45, 2.75) is 26.3 Å². The predicted molar refractivity (Wildman–Crippen MR) is 60.5 cm³/mol. The molecule has 2 rings (SSSR count). The highest BCUT2D eigenvalue weighted by molar-refractivity contribution is 5.28. The van der Waals surface area contributed by atoms with Crippen LogP contribution in [0.1, 0.15) is 19.8 Å². The van der Waals surface area contributed by atoms with E-state index in [0.717, 1.165) is 18.5 Å². The fourth-order valence-electron chi connectivity index (χ4n) is 1.45. The van der Waals surface area contributed by atoms with Gasteiger partial charge in [0.05, 0.1) is 5.69 Å². The Balaban J connectivity index is 2.31. The third kappa shape index (κ3) is 2.03. The molecule has 1 heterocycles. The minimum absolute atomic E-state index is 0.181. The van der Waals surface area contributed by atoms with E-state index in [1.165, 1.54) is 9.36 Å².